The van der Waals surface area contributed by atoms with Gasteiger partial charge in [0.15, 0.2) is 0 Å². The summed E-state index contributed by atoms with van der Waals surface area (Å²) in [5, 5.41) is 6.02. The summed E-state index contributed by atoms with van der Waals surface area (Å²) in [6.07, 6.45) is 0. The van der Waals surface area contributed by atoms with E-state index >= 15 is 0 Å². The van der Waals surface area contributed by atoms with Crippen molar-refractivity contribution in [3.05, 3.63) is 163 Å². The van der Waals surface area contributed by atoms with Crippen molar-refractivity contribution in [3.63, 3.8) is 0 Å². The number of nitrogens with zero attached hydrogens (tertiary/aromatic N) is 3. The van der Waals surface area contributed by atoms with Gasteiger partial charge in [-0.3, -0.25) is 4.57 Å². The Labute approximate surface area is 299 Å². The third-order valence-corrected chi connectivity index (χ3v) is 12.1. The maximum absolute atomic E-state index is 5.61. The van der Waals surface area contributed by atoms with E-state index in [4.69, 9.17) is 9.97 Å². The van der Waals surface area contributed by atoms with E-state index in [1.165, 1.54) is 65.1 Å². The molecule has 4 heteroatoms. The quantitative estimate of drug-likeness (QED) is 0.187. The third-order valence-electron chi connectivity index (χ3n) is 11.0. The summed E-state index contributed by atoms with van der Waals surface area (Å²) in [6.45, 7) is 4.74. The zero-order valence-electron chi connectivity index (χ0n) is 28.2. The molecule has 3 heterocycles. The van der Waals surface area contributed by atoms with Gasteiger partial charge in [-0.05, 0) is 68.4 Å². The standard InChI is InChI=1S/C47H31N3S/c1-47(2)38-21-10-8-19-33(38)34-23-24-35-37-26-30-15-6-7-16-31(30)27-39(37)50(44(35)41(34)47)46-48-42(45-43(49-46)36-20-9-11-22-40(36)51-45)32-18-12-17-29(25-32)28-13-4-3-5-14-28/h3-27H,1-2H3. The van der Waals surface area contributed by atoms with Gasteiger partial charge in [0.05, 0.1) is 26.9 Å². The molecule has 10 aromatic rings. The minimum atomic E-state index is -0.219. The van der Waals surface area contributed by atoms with E-state index in [0.29, 0.717) is 5.95 Å². The monoisotopic (exact) mass is 669 g/mol. The van der Waals surface area contributed by atoms with Crippen LogP contribution in [0.25, 0.3) is 92.3 Å². The molecular formula is C47H31N3S. The summed E-state index contributed by atoms with van der Waals surface area (Å²) in [6, 6.07) is 54.9. The molecule has 51 heavy (non-hydrogen) atoms. The van der Waals surface area contributed by atoms with Crippen LogP contribution in [-0.2, 0) is 5.41 Å². The van der Waals surface area contributed by atoms with Crippen LogP contribution < -0.4 is 0 Å². The van der Waals surface area contributed by atoms with E-state index in [1.54, 1.807) is 11.3 Å². The average molecular weight is 670 g/mol. The number of hydrogen-bond acceptors (Lipinski definition) is 3. The molecule has 0 spiro atoms. The zero-order chi connectivity index (χ0) is 33.8. The van der Waals surface area contributed by atoms with Crippen molar-refractivity contribution in [2.24, 2.45) is 0 Å². The van der Waals surface area contributed by atoms with Gasteiger partial charge in [0, 0.05) is 31.8 Å². The van der Waals surface area contributed by atoms with E-state index in [2.05, 4.69) is 170 Å². The highest BCUT2D eigenvalue weighted by Crippen LogP contribution is 2.53. The summed E-state index contributed by atoms with van der Waals surface area (Å²) in [5.74, 6) is 0.696. The molecular weight excluding hydrogens is 639 g/mol. The van der Waals surface area contributed by atoms with Crippen LogP contribution in [0.5, 0.6) is 0 Å². The predicted octanol–water partition coefficient (Wildman–Crippen LogP) is 12.7. The molecule has 0 N–H and O–H groups in total. The highest BCUT2D eigenvalue weighted by atomic mass is 32.1. The Bertz CT molecular complexity index is 3060. The van der Waals surface area contributed by atoms with Gasteiger partial charge in [0.2, 0.25) is 5.95 Å². The molecule has 0 bridgehead atoms. The Morgan fingerprint density at radius 3 is 2.16 bits per heavy atom. The predicted molar refractivity (Wildman–Crippen MR) is 215 cm³/mol. The second-order valence-corrected chi connectivity index (χ2v) is 15.3. The molecule has 3 nitrogen and oxygen atoms in total. The average Bonchev–Trinajstić information content (AvgIpc) is 3.79. The third kappa shape index (κ3) is 4.05. The highest BCUT2D eigenvalue weighted by molar-refractivity contribution is 7.26. The maximum Gasteiger partial charge on any atom is 0.235 e. The molecule has 0 unspecified atom stereocenters. The molecule has 0 saturated carbocycles. The molecule has 7 aromatic carbocycles. The van der Waals surface area contributed by atoms with Crippen molar-refractivity contribution >= 4 is 64.2 Å². The van der Waals surface area contributed by atoms with Gasteiger partial charge in [0.1, 0.15) is 0 Å². The van der Waals surface area contributed by atoms with Crippen LogP contribution in [0.1, 0.15) is 25.0 Å². The molecule has 1 aliphatic rings. The number of rotatable bonds is 3. The first-order valence-corrected chi connectivity index (χ1v) is 18.3. The lowest BCUT2D eigenvalue weighted by atomic mass is 9.81. The van der Waals surface area contributed by atoms with Crippen molar-refractivity contribution in [1.29, 1.82) is 0 Å². The van der Waals surface area contributed by atoms with Gasteiger partial charge in [-0.1, -0.05) is 141 Å². The van der Waals surface area contributed by atoms with Crippen LogP contribution in [0.15, 0.2) is 152 Å². The van der Waals surface area contributed by atoms with Crippen LogP contribution in [0, 0.1) is 0 Å². The van der Waals surface area contributed by atoms with E-state index in [9.17, 15) is 0 Å². The first-order valence-electron chi connectivity index (χ1n) is 17.5. The van der Waals surface area contributed by atoms with Crippen LogP contribution in [-0.4, -0.2) is 14.5 Å². The fourth-order valence-corrected chi connectivity index (χ4v) is 9.76. The van der Waals surface area contributed by atoms with Crippen molar-refractivity contribution in [2.75, 3.05) is 0 Å². The highest BCUT2D eigenvalue weighted by Gasteiger charge is 2.38. The Morgan fingerprint density at radius 2 is 1.27 bits per heavy atom. The topological polar surface area (TPSA) is 30.7 Å². The Morgan fingerprint density at radius 1 is 0.549 bits per heavy atom. The Hall–Kier alpha value is -6.10. The van der Waals surface area contributed by atoms with Gasteiger partial charge >= 0.3 is 0 Å². The van der Waals surface area contributed by atoms with E-state index in [0.717, 1.165) is 32.4 Å². The fraction of sp³-hybridized carbons (Fsp3) is 0.0638. The largest absolute Gasteiger partial charge is 0.278 e. The summed E-state index contributed by atoms with van der Waals surface area (Å²) < 4.78 is 4.69. The van der Waals surface area contributed by atoms with E-state index < -0.39 is 0 Å². The van der Waals surface area contributed by atoms with Crippen molar-refractivity contribution < 1.29 is 0 Å². The van der Waals surface area contributed by atoms with Gasteiger partial charge in [-0.25, -0.2) is 9.97 Å². The van der Waals surface area contributed by atoms with Gasteiger partial charge in [0.25, 0.3) is 0 Å². The van der Waals surface area contributed by atoms with Crippen molar-refractivity contribution in [2.45, 2.75) is 19.3 Å². The molecule has 0 radical (unpaired) electrons. The van der Waals surface area contributed by atoms with Crippen molar-refractivity contribution in [1.82, 2.24) is 14.5 Å². The molecule has 3 aromatic heterocycles. The molecule has 0 aliphatic heterocycles. The van der Waals surface area contributed by atoms with Crippen LogP contribution in [0.4, 0.5) is 0 Å². The Balaban J connectivity index is 1.30. The molecule has 0 amide bonds. The van der Waals surface area contributed by atoms with Gasteiger partial charge in [-0.15, -0.1) is 11.3 Å². The van der Waals surface area contributed by atoms with Crippen molar-refractivity contribution in [3.8, 4) is 39.5 Å². The molecule has 240 valence electrons. The molecule has 1 aliphatic carbocycles. The normalized spacial score (nSPS) is 13.5. The summed E-state index contributed by atoms with van der Waals surface area (Å²) >= 11 is 1.78. The minimum absolute atomic E-state index is 0.219. The lowest BCUT2D eigenvalue weighted by Gasteiger charge is -2.23. The number of thiophene rings is 1. The summed E-state index contributed by atoms with van der Waals surface area (Å²) in [5.41, 5.74) is 12.7. The number of hydrogen-bond donors (Lipinski definition) is 0. The van der Waals surface area contributed by atoms with E-state index in [-0.39, 0.29) is 5.41 Å². The van der Waals surface area contributed by atoms with Crippen LogP contribution >= 0.6 is 11.3 Å². The molecule has 0 atom stereocenters. The Kier molecular flexibility index (Phi) is 5.89. The molecule has 0 saturated heterocycles. The maximum atomic E-state index is 5.61. The lowest BCUT2D eigenvalue weighted by molar-refractivity contribution is 0.663. The van der Waals surface area contributed by atoms with Crippen LogP contribution in [0.2, 0.25) is 0 Å². The number of aromatic nitrogens is 3. The first kappa shape index (κ1) is 28.7. The zero-order valence-corrected chi connectivity index (χ0v) is 29.0. The van der Waals surface area contributed by atoms with Gasteiger partial charge < -0.3 is 0 Å². The summed E-state index contributed by atoms with van der Waals surface area (Å²) in [7, 11) is 0. The van der Waals surface area contributed by atoms with E-state index in [1.807, 2.05) is 0 Å². The number of fused-ring (bicyclic) bond motifs is 11. The smallest absolute Gasteiger partial charge is 0.235 e. The second-order valence-electron chi connectivity index (χ2n) is 14.2. The number of benzene rings is 7. The first-order chi connectivity index (χ1) is 25.0. The molecule has 0 fully saturated rings. The lowest BCUT2D eigenvalue weighted by Crippen LogP contribution is -2.17. The SMILES string of the molecule is CC1(C)c2ccccc2-c2ccc3c4cc5ccccc5cc4n(-c4nc(-c5cccc(-c6ccccc6)c5)c5sc6ccccc6c5n4)c3c21. The molecule has 11 rings (SSSR count). The van der Waals surface area contributed by atoms with Gasteiger partial charge in [-0.2, -0.15) is 0 Å². The second kappa shape index (κ2) is 10.5. The summed E-state index contributed by atoms with van der Waals surface area (Å²) in [4.78, 5) is 11.1. The van der Waals surface area contributed by atoms with Crippen LogP contribution in [0.3, 0.4) is 0 Å². The minimum Gasteiger partial charge on any atom is -0.278 e. The fourth-order valence-electron chi connectivity index (χ4n) is 8.60.